The number of fused-ring (bicyclic) bond motifs is 2. The Morgan fingerprint density at radius 1 is 1.00 bits per heavy atom. The van der Waals surface area contributed by atoms with Crippen LogP contribution in [0.3, 0.4) is 0 Å². The number of carbonyl (C=O) groups excluding carboxylic acids is 1. The first kappa shape index (κ1) is 25.9. The highest BCUT2D eigenvalue weighted by molar-refractivity contribution is 7.10. The molecule has 4 heterocycles. The van der Waals surface area contributed by atoms with Crippen molar-refractivity contribution in [3.05, 3.63) is 122 Å². The fraction of sp³-hybridized carbons (Fsp3) is 0.0938. The van der Waals surface area contributed by atoms with Gasteiger partial charge < -0.3 is 11.1 Å². The number of amides is 1. The number of aromatic nitrogens is 4. The number of nitrogens with one attached hydrogen (secondary N) is 1. The monoisotopic (exact) mass is 556 g/mol. The maximum atomic E-state index is 14.2. The summed E-state index contributed by atoms with van der Waals surface area (Å²) in [5.74, 6) is 5.91. The highest BCUT2D eigenvalue weighted by Crippen LogP contribution is 2.26. The predicted molar refractivity (Wildman–Crippen MR) is 162 cm³/mol. The first-order valence-electron chi connectivity index (χ1n) is 12.9. The Bertz CT molecular complexity index is 2060. The quantitative estimate of drug-likeness (QED) is 0.290. The lowest BCUT2D eigenvalue weighted by molar-refractivity contribution is 0.0941. The van der Waals surface area contributed by atoms with E-state index in [4.69, 9.17) is 5.73 Å². The zero-order valence-corrected chi connectivity index (χ0v) is 23.1. The van der Waals surface area contributed by atoms with Gasteiger partial charge in [-0.05, 0) is 61.0 Å². The summed E-state index contributed by atoms with van der Waals surface area (Å²) >= 11 is 1.44. The molecule has 4 aromatic heterocycles. The van der Waals surface area contributed by atoms with E-state index in [2.05, 4.69) is 32.1 Å². The van der Waals surface area contributed by atoms with Crippen molar-refractivity contribution in [1.29, 1.82) is 0 Å². The molecule has 200 valence electrons. The van der Waals surface area contributed by atoms with Crippen LogP contribution in [0.15, 0.2) is 89.6 Å². The van der Waals surface area contributed by atoms with Crippen LogP contribution < -0.4 is 16.6 Å². The number of aryl methyl sites for hydroxylation is 1. The molecule has 0 saturated carbocycles. The highest BCUT2D eigenvalue weighted by Gasteiger charge is 2.23. The van der Waals surface area contributed by atoms with Crippen LogP contribution in [0, 0.1) is 18.8 Å². The van der Waals surface area contributed by atoms with Crippen LogP contribution in [-0.4, -0.2) is 25.4 Å². The molecule has 0 radical (unpaired) electrons. The summed E-state index contributed by atoms with van der Waals surface area (Å²) < 4.78 is 1.62. The van der Waals surface area contributed by atoms with Crippen LogP contribution in [0.1, 0.15) is 45.0 Å². The van der Waals surface area contributed by atoms with E-state index in [1.54, 1.807) is 28.7 Å². The van der Waals surface area contributed by atoms with Gasteiger partial charge in [-0.1, -0.05) is 36.3 Å². The van der Waals surface area contributed by atoms with E-state index in [0.717, 1.165) is 21.2 Å². The third-order valence-electron chi connectivity index (χ3n) is 6.75. The number of carbonyl (C=O) groups is 1. The average Bonchev–Trinajstić information content (AvgIpc) is 3.50. The minimum Gasteiger partial charge on any atom is -0.383 e. The van der Waals surface area contributed by atoms with E-state index in [-0.39, 0.29) is 16.9 Å². The minimum atomic E-state index is -0.577. The Kier molecular flexibility index (Phi) is 6.75. The second kappa shape index (κ2) is 10.7. The molecule has 0 aliphatic heterocycles. The predicted octanol–water partition coefficient (Wildman–Crippen LogP) is 5.17. The number of rotatable bonds is 4. The molecular formula is C32H24N6O2S. The van der Waals surface area contributed by atoms with Crippen LogP contribution in [0.5, 0.6) is 0 Å². The molecule has 1 amide bonds. The zero-order valence-electron chi connectivity index (χ0n) is 22.3. The highest BCUT2D eigenvalue weighted by atomic mass is 32.1. The molecule has 0 bridgehead atoms. The third-order valence-corrected chi connectivity index (χ3v) is 7.44. The van der Waals surface area contributed by atoms with Gasteiger partial charge in [-0.25, -0.2) is 4.98 Å². The van der Waals surface area contributed by atoms with Gasteiger partial charge in [-0.3, -0.25) is 24.1 Å². The SMILES string of the molecule is Cc1cnc2c(C(=O)NC(C)c3cc4cccc(C#Cc5cncs5)c4c(=O)n3-c3ccccc3)c(N)ncc2c1. The molecule has 0 spiro atoms. The fourth-order valence-electron chi connectivity index (χ4n) is 4.85. The summed E-state index contributed by atoms with van der Waals surface area (Å²) in [6.45, 7) is 3.75. The maximum Gasteiger partial charge on any atom is 0.264 e. The van der Waals surface area contributed by atoms with Crippen molar-refractivity contribution >= 4 is 44.7 Å². The number of nitrogens with two attached hydrogens (primary N) is 1. The number of nitrogen functional groups attached to an aromatic ring is 1. The molecule has 8 nitrogen and oxygen atoms in total. The van der Waals surface area contributed by atoms with Crippen molar-refractivity contribution in [1.82, 2.24) is 24.8 Å². The Labute approximate surface area is 239 Å². The standard InChI is InChI=1S/C32H24N6O2S/c1-19-13-23-16-36-30(33)28(29(23)35-15-19)31(39)37-20(2)26-14-22-8-6-7-21(11-12-25-17-34-18-41-25)27(22)32(40)38(26)24-9-4-3-5-10-24/h3-10,13-18,20H,1-2H3,(H2,33,36)(H,37,39). The van der Waals surface area contributed by atoms with Gasteiger partial charge in [0.2, 0.25) is 0 Å². The number of benzene rings is 2. The lowest BCUT2D eigenvalue weighted by atomic mass is 10.0. The molecule has 1 unspecified atom stereocenters. The zero-order chi connectivity index (χ0) is 28.5. The van der Waals surface area contributed by atoms with E-state index in [1.807, 2.05) is 74.5 Å². The number of pyridine rings is 3. The van der Waals surface area contributed by atoms with Crippen LogP contribution in [0.25, 0.3) is 27.4 Å². The number of nitrogens with zero attached hydrogens (tertiary/aromatic N) is 4. The smallest absolute Gasteiger partial charge is 0.264 e. The summed E-state index contributed by atoms with van der Waals surface area (Å²) in [6, 6.07) is 18.2. The van der Waals surface area contributed by atoms with Gasteiger partial charge in [0.25, 0.3) is 11.5 Å². The van der Waals surface area contributed by atoms with Gasteiger partial charge in [0.05, 0.1) is 33.5 Å². The molecular weight excluding hydrogens is 532 g/mol. The molecule has 41 heavy (non-hydrogen) atoms. The summed E-state index contributed by atoms with van der Waals surface area (Å²) in [6.07, 6.45) is 4.99. The van der Waals surface area contributed by atoms with Crippen molar-refractivity contribution in [2.75, 3.05) is 5.73 Å². The maximum absolute atomic E-state index is 14.2. The molecule has 0 aliphatic rings. The Hall–Kier alpha value is -5.33. The minimum absolute atomic E-state index is 0.0849. The Morgan fingerprint density at radius 3 is 2.61 bits per heavy atom. The molecule has 0 aliphatic carbocycles. The topological polar surface area (TPSA) is 116 Å². The number of hydrogen-bond donors (Lipinski definition) is 2. The van der Waals surface area contributed by atoms with E-state index in [0.29, 0.717) is 27.8 Å². The van der Waals surface area contributed by atoms with Gasteiger partial charge in [0.1, 0.15) is 11.4 Å². The molecule has 2 aromatic carbocycles. The Morgan fingerprint density at radius 2 is 1.83 bits per heavy atom. The molecule has 0 saturated heterocycles. The molecule has 6 aromatic rings. The molecule has 9 heteroatoms. The summed E-state index contributed by atoms with van der Waals surface area (Å²) in [5, 5.41) is 4.96. The van der Waals surface area contributed by atoms with Crippen molar-refractivity contribution in [3.63, 3.8) is 0 Å². The van der Waals surface area contributed by atoms with Crippen molar-refractivity contribution in [2.24, 2.45) is 0 Å². The Balaban J connectivity index is 1.48. The summed E-state index contributed by atoms with van der Waals surface area (Å²) in [7, 11) is 0. The summed E-state index contributed by atoms with van der Waals surface area (Å²) in [4.78, 5) is 41.4. The lowest BCUT2D eigenvalue weighted by Gasteiger charge is -2.21. The third kappa shape index (κ3) is 4.93. The van der Waals surface area contributed by atoms with Gasteiger partial charge in [0, 0.05) is 34.7 Å². The summed E-state index contributed by atoms with van der Waals surface area (Å²) in [5.41, 5.74) is 11.1. The van der Waals surface area contributed by atoms with Crippen LogP contribution in [-0.2, 0) is 0 Å². The number of thiazole rings is 1. The van der Waals surface area contributed by atoms with Gasteiger partial charge >= 0.3 is 0 Å². The van der Waals surface area contributed by atoms with E-state index < -0.39 is 11.9 Å². The van der Waals surface area contributed by atoms with Gasteiger partial charge in [0.15, 0.2) is 0 Å². The normalized spacial score (nSPS) is 11.7. The van der Waals surface area contributed by atoms with Crippen molar-refractivity contribution in [2.45, 2.75) is 19.9 Å². The van der Waals surface area contributed by atoms with Crippen LogP contribution >= 0.6 is 11.3 Å². The second-order valence-electron chi connectivity index (χ2n) is 9.59. The van der Waals surface area contributed by atoms with E-state index >= 15 is 0 Å². The fourth-order valence-corrected chi connectivity index (χ4v) is 5.31. The first-order valence-corrected chi connectivity index (χ1v) is 13.7. The van der Waals surface area contributed by atoms with Crippen molar-refractivity contribution < 1.29 is 4.79 Å². The van der Waals surface area contributed by atoms with Crippen LogP contribution in [0.4, 0.5) is 5.82 Å². The second-order valence-corrected chi connectivity index (χ2v) is 10.5. The first-order chi connectivity index (χ1) is 19.9. The van der Waals surface area contributed by atoms with Crippen molar-refractivity contribution in [3.8, 4) is 17.5 Å². The largest absolute Gasteiger partial charge is 0.383 e. The number of anilines is 1. The van der Waals surface area contributed by atoms with E-state index in [9.17, 15) is 9.59 Å². The molecule has 1 atom stereocenters. The number of para-hydroxylation sites is 1. The van der Waals surface area contributed by atoms with Crippen LogP contribution in [0.2, 0.25) is 0 Å². The van der Waals surface area contributed by atoms with Gasteiger partial charge in [-0.2, -0.15) is 0 Å². The average molecular weight is 557 g/mol. The van der Waals surface area contributed by atoms with E-state index in [1.165, 1.54) is 11.3 Å². The lowest BCUT2D eigenvalue weighted by Crippen LogP contribution is -2.33. The molecule has 6 rings (SSSR count). The molecule has 0 fully saturated rings. The molecule has 3 N–H and O–H groups in total. The van der Waals surface area contributed by atoms with Gasteiger partial charge in [-0.15, -0.1) is 11.3 Å². The number of hydrogen-bond acceptors (Lipinski definition) is 7.